The van der Waals surface area contributed by atoms with E-state index in [4.69, 9.17) is 4.74 Å². The lowest BCUT2D eigenvalue weighted by atomic mass is 9.85. The molecule has 3 rings (SSSR count). The van der Waals surface area contributed by atoms with Crippen molar-refractivity contribution in [3.63, 3.8) is 0 Å². The Kier molecular flexibility index (Phi) is 5.28. The van der Waals surface area contributed by atoms with Crippen molar-refractivity contribution in [3.8, 4) is 0 Å². The molecule has 1 aliphatic carbocycles. The van der Waals surface area contributed by atoms with E-state index in [9.17, 15) is 5.11 Å². The summed E-state index contributed by atoms with van der Waals surface area (Å²) >= 11 is 0. The van der Waals surface area contributed by atoms with E-state index in [1.807, 2.05) is 18.2 Å². The van der Waals surface area contributed by atoms with Crippen molar-refractivity contribution in [2.24, 2.45) is 5.92 Å². The molecule has 21 heavy (non-hydrogen) atoms. The summed E-state index contributed by atoms with van der Waals surface area (Å²) < 4.78 is 5.65. The molecule has 3 atom stereocenters. The summed E-state index contributed by atoms with van der Waals surface area (Å²) in [7, 11) is 0. The average Bonchev–Trinajstić information content (AvgIpc) is 2.92. The quantitative estimate of drug-likeness (QED) is 0.874. The lowest BCUT2D eigenvalue weighted by molar-refractivity contribution is 0.00430. The maximum Gasteiger partial charge on any atom is 0.0900 e. The summed E-state index contributed by atoms with van der Waals surface area (Å²) in [5, 5.41) is 10.2. The molecule has 1 saturated carbocycles. The zero-order valence-electron chi connectivity index (χ0n) is 12.8. The molecule has 3 nitrogen and oxygen atoms in total. The van der Waals surface area contributed by atoms with E-state index in [0.29, 0.717) is 13.2 Å². The largest absolute Gasteiger partial charge is 0.389 e. The predicted molar refractivity (Wildman–Crippen MR) is 84.0 cm³/mol. The number of nitrogens with zero attached hydrogens (tertiary/aromatic N) is 1. The fraction of sp³-hybridized carbons (Fsp3) is 0.667. The van der Waals surface area contributed by atoms with Gasteiger partial charge in [0.15, 0.2) is 0 Å². The number of aliphatic hydroxyl groups excluding tert-OH is 1. The zero-order chi connectivity index (χ0) is 14.5. The first-order chi connectivity index (χ1) is 10.3. The van der Waals surface area contributed by atoms with Crippen LogP contribution in [0.3, 0.4) is 0 Å². The van der Waals surface area contributed by atoms with Crippen molar-refractivity contribution in [1.82, 2.24) is 4.90 Å². The molecule has 0 radical (unpaired) electrons. The number of ether oxygens (including phenoxy) is 1. The van der Waals surface area contributed by atoms with Gasteiger partial charge in [-0.05, 0) is 37.3 Å². The number of rotatable bonds is 6. The lowest BCUT2D eigenvalue weighted by Crippen LogP contribution is -2.40. The van der Waals surface area contributed by atoms with Gasteiger partial charge in [0.2, 0.25) is 0 Å². The fourth-order valence-electron chi connectivity index (χ4n) is 3.94. The van der Waals surface area contributed by atoms with Gasteiger partial charge >= 0.3 is 0 Å². The molecule has 1 aromatic rings. The van der Waals surface area contributed by atoms with Gasteiger partial charge in [-0.25, -0.2) is 0 Å². The minimum atomic E-state index is -0.366. The topological polar surface area (TPSA) is 32.7 Å². The van der Waals surface area contributed by atoms with E-state index in [1.54, 1.807) is 0 Å². The molecule has 0 spiro atoms. The molecule has 1 N–H and O–H groups in total. The summed E-state index contributed by atoms with van der Waals surface area (Å²) in [6.45, 7) is 2.95. The number of likely N-dealkylation sites (tertiary alicyclic amines) is 1. The van der Waals surface area contributed by atoms with E-state index in [1.165, 1.54) is 37.7 Å². The monoisotopic (exact) mass is 289 g/mol. The van der Waals surface area contributed by atoms with Crippen LogP contribution in [0.15, 0.2) is 30.3 Å². The van der Waals surface area contributed by atoms with Crippen molar-refractivity contribution in [3.05, 3.63) is 35.9 Å². The Labute approximate surface area is 127 Å². The van der Waals surface area contributed by atoms with Crippen LogP contribution in [0.4, 0.5) is 0 Å². The summed E-state index contributed by atoms with van der Waals surface area (Å²) in [6, 6.07) is 10.9. The van der Waals surface area contributed by atoms with Crippen molar-refractivity contribution < 1.29 is 9.84 Å². The number of aliphatic hydroxyl groups is 1. The zero-order valence-corrected chi connectivity index (χ0v) is 12.8. The van der Waals surface area contributed by atoms with Crippen molar-refractivity contribution >= 4 is 0 Å². The Morgan fingerprint density at radius 2 is 1.95 bits per heavy atom. The number of fused-ring (bicyclic) bond motifs is 1. The van der Waals surface area contributed by atoms with Crippen LogP contribution in [0.1, 0.15) is 37.7 Å². The van der Waals surface area contributed by atoms with E-state index < -0.39 is 0 Å². The number of hydrogen-bond donors (Lipinski definition) is 1. The highest BCUT2D eigenvalue weighted by Gasteiger charge is 2.36. The Bertz CT molecular complexity index is 422. The first-order valence-corrected chi connectivity index (χ1v) is 8.37. The number of hydrogen-bond acceptors (Lipinski definition) is 3. The molecule has 3 unspecified atom stereocenters. The Morgan fingerprint density at radius 3 is 2.81 bits per heavy atom. The van der Waals surface area contributed by atoms with Crippen LogP contribution in [0.25, 0.3) is 0 Å². The normalized spacial score (nSPS) is 27.5. The molecular formula is C18H27NO2. The standard InChI is InChI=1S/C18H27NO2/c20-17(14-21-13-15-6-2-1-3-7-15)12-19-11-10-16-8-4-5-9-18(16)19/h1-3,6-7,16-18,20H,4-5,8-14H2. The summed E-state index contributed by atoms with van der Waals surface area (Å²) in [5.74, 6) is 0.885. The molecule has 1 aliphatic heterocycles. The van der Waals surface area contributed by atoms with E-state index in [2.05, 4.69) is 17.0 Å². The van der Waals surface area contributed by atoms with Crippen LogP contribution in [-0.4, -0.2) is 41.8 Å². The van der Waals surface area contributed by atoms with Crippen LogP contribution in [-0.2, 0) is 11.3 Å². The van der Waals surface area contributed by atoms with Crippen LogP contribution in [0.5, 0.6) is 0 Å². The molecular weight excluding hydrogens is 262 g/mol. The second-order valence-electron chi connectivity index (χ2n) is 6.55. The third-order valence-electron chi connectivity index (χ3n) is 4.99. The molecule has 0 amide bonds. The maximum absolute atomic E-state index is 10.2. The minimum absolute atomic E-state index is 0.366. The van der Waals surface area contributed by atoms with Gasteiger partial charge in [0.05, 0.1) is 19.3 Å². The first kappa shape index (κ1) is 15.0. The second-order valence-corrected chi connectivity index (χ2v) is 6.55. The Balaban J connectivity index is 1.39. The third-order valence-corrected chi connectivity index (χ3v) is 4.99. The fourth-order valence-corrected chi connectivity index (χ4v) is 3.94. The maximum atomic E-state index is 10.2. The molecule has 1 heterocycles. The molecule has 1 aromatic carbocycles. The highest BCUT2D eigenvalue weighted by atomic mass is 16.5. The van der Waals surface area contributed by atoms with Crippen molar-refractivity contribution in [2.75, 3.05) is 19.7 Å². The van der Waals surface area contributed by atoms with Gasteiger partial charge in [-0.1, -0.05) is 43.2 Å². The smallest absolute Gasteiger partial charge is 0.0900 e. The Hall–Kier alpha value is -0.900. The third kappa shape index (κ3) is 4.06. The lowest BCUT2D eigenvalue weighted by Gasteiger charge is -2.32. The van der Waals surface area contributed by atoms with E-state index >= 15 is 0 Å². The van der Waals surface area contributed by atoms with Gasteiger partial charge in [-0.3, -0.25) is 4.90 Å². The van der Waals surface area contributed by atoms with Crippen LogP contribution in [0.2, 0.25) is 0 Å². The molecule has 1 saturated heterocycles. The van der Waals surface area contributed by atoms with Gasteiger partial charge in [-0.2, -0.15) is 0 Å². The SMILES string of the molecule is OC(COCc1ccccc1)CN1CCC2CCCCC21. The van der Waals surface area contributed by atoms with Crippen LogP contribution >= 0.6 is 0 Å². The van der Waals surface area contributed by atoms with Gasteiger partial charge in [0.25, 0.3) is 0 Å². The number of benzene rings is 1. The predicted octanol–water partition coefficient (Wildman–Crippen LogP) is 2.83. The summed E-state index contributed by atoms with van der Waals surface area (Å²) in [5.41, 5.74) is 1.17. The first-order valence-electron chi connectivity index (χ1n) is 8.37. The molecule has 3 heteroatoms. The van der Waals surface area contributed by atoms with Crippen molar-refractivity contribution in [1.29, 1.82) is 0 Å². The minimum Gasteiger partial charge on any atom is -0.389 e. The molecule has 116 valence electrons. The highest BCUT2D eigenvalue weighted by Crippen LogP contribution is 2.35. The molecule has 2 aliphatic rings. The van der Waals surface area contributed by atoms with Crippen LogP contribution < -0.4 is 0 Å². The Morgan fingerprint density at radius 1 is 1.14 bits per heavy atom. The van der Waals surface area contributed by atoms with E-state index in [-0.39, 0.29) is 6.10 Å². The average molecular weight is 289 g/mol. The van der Waals surface area contributed by atoms with Crippen molar-refractivity contribution in [2.45, 2.75) is 50.9 Å². The highest BCUT2D eigenvalue weighted by molar-refractivity contribution is 5.13. The van der Waals surface area contributed by atoms with E-state index in [0.717, 1.165) is 25.0 Å². The number of β-amino-alcohol motifs (C(OH)–C–C–N with tert-alkyl or cyclic N) is 1. The summed E-state index contributed by atoms with van der Waals surface area (Å²) in [4.78, 5) is 2.50. The second kappa shape index (κ2) is 7.39. The van der Waals surface area contributed by atoms with Crippen LogP contribution in [0, 0.1) is 5.92 Å². The van der Waals surface area contributed by atoms with Gasteiger partial charge in [0.1, 0.15) is 0 Å². The molecule has 0 aromatic heterocycles. The van der Waals surface area contributed by atoms with Gasteiger partial charge in [0, 0.05) is 12.6 Å². The molecule has 0 bridgehead atoms. The van der Waals surface area contributed by atoms with Gasteiger partial charge in [-0.15, -0.1) is 0 Å². The van der Waals surface area contributed by atoms with Gasteiger partial charge < -0.3 is 9.84 Å². The summed E-state index contributed by atoms with van der Waals surface area (Å²) in [6.07, 6.45) is 6.43. The molecule has 2 fully saturated rings.